The lowest BCUT2D eigenvalue weighted by Crippen LogP contribution is -2.24. The molecule has 0 amide bonds. The maximum Gasteiger partial charge on any atom is 0.201 e. The molecule has 0 aliphatic heterocycles. The summed E-state index contributed by atoms with van der Waals surface area (Å²) < 4.78 is 27.8. The van der Waals surface area contributed by atoms with E-state index < -0.39 is 12.1 Å². The number of anilines is 1. The molecule has 0 aliphatic rings. The number of nitrogens with zero attached hydrogens (tertiary/aromatic N) is 2. The smallest absolute Gasteiger partial charge is 0.201 e. The largest absolute Gasteiger partial charge is 0.369 e. The van der Waals surface area contributed by atoms with Gasteiger partial charge in [0, 0.05) is 23.2 Å². The number of halogens is 3. The van der Waals surface area contributed by atoms with Crippen molar-refractivity contribution in [2.45, 2.75) is 33.6 Å². The maximum absolute atomic E-state index is 13.7. The standard InChI is InChI=1S/C21H22Br2FN3O3/c1-4-29-16(30-5-2)10-27-15-9-14(22)17(18(23)19(15)26-21(27)25)20(28)13-8-12(24)7-6-11(13)3/h6-9,16H,4-5,10H2,1-3H3,(H2,25,26). The van der Waals surface area contributed by atoms with Crippen molar-refractivity contribution in [2.24, 2.45) is 0 Å². The first-order valence-corrected chi connectivity index (χ1v) is 11.0. The van der Waals surface area contributed by atoms with Crippen LogP contribution >= 0.6 is 31.9 Å². The van der Waals surface area contributed by atoms with Crippen LogP contribution in [-0.2, 0) is 16.0 Å². The van der Waals surface area contributed by atoms with Crippen LogP contribution < -0.4 is 5.73 Å². The zero-order valence-electron chi connectivity index (χ0n) is 16.8. The van der Waals surface area contributed by atoms with E-state index in [1.807, 2.05) is 13.8 Å². The molecular formula is C21H22Br2FN3O3. The van der Waals surface area contributed by atoms with Gasteiger partial charge in [0.2, 0.25) is 5.95 Å². The van der Waals surface area contributed by atoms with Gasteiger partial charge in [-0.25, -0.2) is 9.37 Å². The third kappa shape index (κ3) is 4.44. The topological polar surface area (TPSA) is 79.4 Å². The Morgan fingerprint density at radius 1 is 1.23 bits per heavy atom. The van der Waals surface area contributed by atoms with E-state index in [2.05, 4.69) is 36.8 Å². The molecule has 0 fully saturated rings. The minimum absolute atomic E-state index is 0.272. The van der Waals surface area contributed by atoms with E-state index in [4.69, 9.17) is 15.2 Å². The van der Waals surface area contributed by atoms with Gasteiger partial charge in [-0.2, -0.15) is 0 Å². The number of nitrogens with two attached hydrogens (primary N) is 1. The number of ketones is 1. The molecule has 0 unspecified atom stereocenters. The molecule has 2 aromatic carbocycles. The number of hydrogen-bond donors (Lipinski definition) is 1. The number of rotatable bonds is 8. The summed E-state index contributed by atoms with van der Waals surface area (Å²) in [6.07, 6.45) is -0.478. The molecule has 30 heavy (non-hydrogen) atoms. The van der Waals surface area contributed by atoms with Crippen LogP contribution in [0.1, 0.15) is 35.3 Å². The molecule has 6 nitrogen and oxygen atoms in total. The first-order chi connectivity index (χ1) is 14.3. The van der Waals surface area contributed by atoms with Crippen molar-refractivity contribution in [1.29, 1.82) is 0 Å². The molecule has 0 radical (unpaired) electrons. The van der Waals surface area contributed by atoms with E-state index in [-0.39, 0.29) is 17.3 Å². The molecule has 0 saturated heterocycles. The van der Waals surface area contributed by atoms with Gasteiger partial charge in [0.1, 0.15) is 11.3 Å². The molecular weight excluding hydrogens is 521 g/mol. The molecule has 1 aromatic heterocycles. The molecule has 3 aromatic rings. The van der Waals surface area contributed by atoms with Crippen LogP contribution in [0.5, 0.6) is 0 Å². The molecule has 2 N–H and O–H groups in total. The Labute approximate surface area is 190 Å². The predicted molar refractivity (Wildman–Crippen MR) is 121 cm³/mol. The van der Waals surface area contributed by atoms with Crippen LogP contribution in [0.25, 0.3) is 11.0 Å². The second-order valence-corrected chi connectivity index (χ2v) is 8.27. The SMILES string of the molecule is CCOC(Cn1c(N)nc2c(Br)c(C(=O)c3cc(F)ccc3C)c(Br)cc21)OCC. The summed E-state index contributed by atoms with van der Waals surface area (Å²) >= 11 is 7.00. The van der Waals surface area contributed by atoms with Crippen LogP contribution in [0.2, 0.25) is 0 Å². The summed E-state index contributed by atoms with van der Waals surface area (Å²) in [5, 5.41) is 0. The number of imidazole rings is 1. The molecule has 0 bridgehead atoms. The van der Waals surface area contributed by atoms with E-state index >= 15 is 0 Å². The van der Waals surface area contributed by atoms with Gasteiger partial charge in [-0.1, -0.05) is 6.07 Å². The monoisotopic (exact) mass is 541 g/mol. The van der Waals surface area contributed by atoms with E-state index in [0.29, 0.717) is 50.9 Å². The lowest BCUT2D eigenvalue weighted by atomic mass is 9.98. The average Bonchev–Trinajstić information content (AvgIpc) is 3.00. The van der Waals surface area contributed by atoms with Gasteiger partial charge in [-0.05, 0) is 76.4 Å². The lowest BCUT2D eigenvalue weighted by molar-refractivity contribution is -0.142. The van der Waals surface area contributed by atoms with Crippen molar-refractivity contribution >= 4 is 54.6 Å². The lowest BCUT2D eigenvalue weighted by Gasteiger charge is -2.18. The number of fused-ring (bicyclic) bond motifs is 1. The fourth-order valence-electron chi connectivity index (χ4n) is 3.25. The number of nitrogen functional groups attached to an aromatic ring is 1. The Morgan fingerprint density at radius 2 is 1.90 bits per heavy atom. The van der Waals surface area contributed by atoms with Gasteiger partial charge in [0.25, 0.3) is 0 Å². The fourth-order valence-corrected chi connectivity index (χ4v) is 4.80. The number of aryl methyl sites for hydroxylation is 1. The number of carbonyl (C=O) groups excluding carboxylic acids is 1. The van der Waals surface area contributed by atoms with Crippen LogP contribution in [0, 0.1) is 12.7 Å². The second-order valence-electron chi connectivity index (χ2n) is 6.62. The van der Waals surface area contributed by atoms with Gasteiger partial charge in [0.05, 0.1) is 22.1 Å². The summed E-state index contributed by atoms with van der Waals surface area (Å²) in [7, 11) is 0. The minimum Gasteiger partial charge on any atom is -0.369 e. The zero-order chi connectivity index (χ0) is 22.0. The highest BCUT2D eigenvalue weighted by Crippen LogP contribution is 2.36. The van der Waals surface area contributed by atoms with E-state index in [1.165, 1.54) is 12.1 Å². The van der Waals surface area contributed by atoms with Crippen molar-refractivity contribution in [2.75, 3.05) is 18.9 Å². The summed E-state index contributed by atoms with van der Waals surface area (Å²) in [5.74, 6) is -0.514. The van der Waals surface area contributed by atoms with Crippen molar-refractivity contribution < 1.29 is 18.7 Å². The van der Waals surface area contributed by atoms with Gasteiger partial charge in [-0.3, -0.25) is 4.79 Å². The molecule has 1 heterocycles. The Bertz CT molecular complexity index is 1100. The summed E-state index contributed by atoms with van der Waals surface area (Å²) in [6.45, 7) is 6.88. The van der Waals surface area contributed by atoms with Gasteiger partial charge < -0.3 is 19.8 Å². The van der Waals surface area contributed by atoms with Gasteiger partial charge in [0.15, 0.2) is 12.1 Å². The van der Waals surface area contributed by atoms with E-state index in [0.717, 1.165) is 0 Å². The van der Waals surface area contributed by atoms with Crippen LogP contribution in [-0.4, -0.2) is 34.8 Å². The zero-order valence-corrected chi connectivity index (χ0v) is 20.0. The summed E-state index contributed by atoms with van der Waals surface area (Å²) in [4.78, 5) is 17.7. The molecule has 0 saturated carbocycles. The number of carbonyl (C=O) groups is 1. The molecule has 0 atom stereocenters. The number of aromatic nitrogens is 2. The summed E-state index contributed by atoms with van der Waals surface area (Å²) in [6, 6.07) is 5.93. The Morgan fingerprint density at radius 3 is 2.53 bits per heavy atom. The minimum atomic E-state index is -0.478. The third-order valence-electron chi connectivity index (χ3n) is 4.67. The van der Waals surface area contributed by atoms with Crippen LogP contribution in [0.3, 0.4) is 0 Å². The first-order valence-electron chi connectivity index (χ1n) is 9.46. The van der Waals surface area contributed by atoms with Crippen molar-refractivity contribution in [1.82, 2.24) is 9.55 Å². The maximum atomic E-state index is 13.7. The molecule has 0 aliphatic carbocycles. The highest BCUT2D eigenvalue weighted by molar-refractivity contribution is 9.11. The van der Waals surface area contributed by atoms with E-state index in [9.17, 15) is 9.18 Å². The Kier molecular flexibility index (Phi) is 7.28. The highest BCUT2D eigenvalue weighted by atomic mass is 79.9. The highest BCUT2D eigenvalue weighted by Gasteiger charge is 2.24. The van der Waals surface area contributed by atoms with E-state index in [1.54, 1.807) is 23.6 Å². The van der Waals surface area contributed by atoms with Crippen molar-refractivity contribution in [3.63, 3.8) is 0 Å². The van der Waals surface area contributed by atoms with Gasteiger partial charge >= 0.3 is 0 Å². The number of ether oxygens (including phenoxy) is 2. The summed E-state index contributed by atoms with van der Waals surface area (Å²) in [5.41, 5.74) is 8.73. The predicted octanol–water partition coefficient (Wildman–Crippen LogP) is 5.22. The fraction of sp³-hybridized carbons (Fsp3) is 0.333. The molecule has 9 heteroatoms. The molecule has 0 spiro atoms. The second kappa shape index (κ2) is 9.55. The van der Waals surface area contributed by atoms with Crippen molar-refractivity contribution in [3.05, 3.63) is 55.7 Å². The average molecular weight is 543 g/mol. The van der Waals surface area contributed by atoms with Crippen LogP contribution in [0.4, 0.5) is 10.3 Å². The number of hydrogen-bond acceptors (Lipinski definition) is 5. The molecule has 3 rings (SSSR count). The number of benzene rings is 2. The normalized spacial score (nSPS) is 11.6. The first kappa shape index (κ1) is 22.9. The van der Waals surface area contributed by atoms with Gasteiger partial charge in [-0.15, -0.1) is 0 Å². The van der Waals surface area contributed by atoms with Crippen molar-refractivity contribution in [3.8, 4) is 0 Å². The van der Waals surface area contributed by atoms with Crippen LogP contribution in [0.15, 0.2) is 33.2 Å². The Hall–Kier alpha value is -1.81. The molecule has 160 valence electrons. The third-order valence-corrected chi connectivity index (χ3v) is 6.07. The Balaban J connectivity index is 2.10. The quantitative estimate of drug-likeness (QED) is 0.312.